The first-order valence-corrected chi connectivity index (χ1v) is 7.49. The van der Waals surface area contributed by atoms with Gasteiger partial charge in [0.1, 0.15) is 4.99 Å². The number of thiocarbonyl (C=S) groups is 1. The van der Waals surface area contributed by atoms with Gasteiger partial charge in [-0.2, -0.15) is 16.4 Å². The normalized spacial score (nSPS) is 10.4. The van der Waals surface area contributed by atoms with Gasteiger partial charge in [0.05, 0.1) is 16.9 Å². The molecule has 0 unspecified atom stereocenters. The molecule has 0 spiro atoms. The first-order valence-electron chi connectivity index (χ1n) is 6.14. The molecule has 2 rings (SSSR count). The van der Waals surface area contributed by atoms with Gasteiger partial charge in [-0.3, -0.25) is 0 Å². The van der Waals surface area contributed by atoms with E-state index in [4.69, 9.17) is 18.0 Å². The summed E-state index contributed by atoms with van der Waals surface area (Å²) in [6, 6.07) is 1.98. The van der Waals surface area contributed by atoms with Crippen molar-refractivity contribution in [1.82, 2.24) is 10.2 Å². The summed E-state index contributed by atoms with van der Waals surface area (Å²) in [5.41, 5.74) is 9.71. The number of aryl methyl sites for hydroxylation is 1. The average molecular weight is 292 g/mol. The molecule has 0 atom stereocenters. The maximum atomic E-state index is 5.87. The third-order valence-corrected chi connectivity index (χ3v) is 3.76. The fraction of sp³-hybridized carbons (Fsp3) is 0.308. The van der Waals surface area contributed by atoms with E-state index in [-0.39, 0.29) is 0 Å². The van der Waals surface area contributed by atoms with Crippen LogP contribution in [0.3, 0.4) is 0 Å². The predicted octanol–water partition coefficient (Wildman–Crippen LogP) is 3.04. The van der Waals surface area contributed by atoms with Crippen LogP contribution in [-0.2, 0) is 12.8 Å². The lowest BCUT2D eigenvalue weighted by Gasteiger charge is -2.14. The summed E-state index contributed by atoms with van der Waals surface area (Å²) >= 11 is 6.80. The highest BCUT2D eigenvalue weighted by molar-refractivity contribution is 7.80. The summed E-state index contributed by atoms with van der Waals surface area (Å²) in [6.07, 6.45) is 1.66. The Morgan fingerprint density at radius 2 is 2.16 bits per heavy atom. The van der Waals surface area contributed by atoms with Gasteiger partial charge in [0.2, 0.25) is 0 Å². The van der Waals surface area contributed by atoms with Crippen molar-refractivity contribution in [2.75, 3.05) is 5.32 Å². The van der Waals surface area contributed by atoms with Crippen LogP contribution in [0.4, 0.5) is 11.5 Å². The van der Waals surface area contributed by atoms with Crippen molar-refractivity contribution in [2.24, 2.45) is 5.73 Å². The lowest BCUT2D eigenvalue weighted by Crippen LogP contribution is -2.18. The minimum atomic E-state index is 0.360. The summed E-state index contributed by atoms with van der Waals surface area (Å²) in [5, 5.41) is 15.7. The molecule has 3 N–H and O–H groups in total. The van der Waals surface area contributed by atoms with Crippen molar-refractivity contribution < 1.29 is 0 Å². The lowest BCUT2D eigenvalue weighted by atomic mass is 10.0. The molecule has 0 amide bonds. The van der Waals surface area contributed by atoms with Crippen molar-refractivity contribution in [2.45, 2.75) is 26.7 Å². The number of thiophene rings is 1. The first-order chi connectivity index (χ1) is 9.17. The van der Waals surface area contributed by atoms with Crippen LogP contribution in [0.1, 0.15) is 30.7 Å². The Kier molecular flexibility index (Phi) is 4.44. The van der Waals surface area contributed by atoms with E-state index in [1.807, 2.05) is 16.8 Å². The van der Waals surface area contributed by atoms with Crippen molar-refractivity contribution in [1.29, 1.82) is 0 Å². The van der Waals surface area contributed by atoms with E-state index in [2.05, 4.69) is 29.4 Å². The number of anilines is 2. The second-order valence-corrected chi connectivity index (χ2v) is 5.28. The molecule has 0 aliphatic rings. The van der Waals surface area contributed by atoms with E-state index in [1.165, 1.54) is 0 Å². The minimum Gasteiger partial charge on any atom is -0.389 e. The topological polar surface area (TPSA) is 63.8 Å². The van der Waals surface area contributed by atoms with Gasteiger partial charge in [0.25, 0.3) is 0 Å². The van der Waals surface area contributed by atoms with Crippen LogP contribution in [0.5, 0.6) is 0 Å². The van der Waals surface area contributed by atoms with Crippen LogP contribution in [-0.4, -0.2) is 15.2 Å². The minimum absolute atomic E-state index is 0.360. The Morgan fingerprint density at radius 1 is 1.37 bits per heavy atom. The molecule has 0 radical (unpaired) electrons. The average Bonchev–Trinajstić information content (AvgIpc) is 2.90. The Hall–Kier alpha value is -1.53. The molecule has 2 aromatic rings. The zero-order valence-corrected chi connectivity index (χ0v) is 12.6. The van der Waals surface area contributed by atoms with E-state index in [1.54, 1.807) is 11.3 Å². The predicted molar refractivity (Wildman–Crippen MR) is 84.3 cm³/mol. The van der Waals surface area contributed by atoms with Crippen molar-refractivity contribution >= 4 is 40.0 Å². The smallest absolute Gasteiger partial charge is 0.163 e. The summed E-state index contributed by atoms with van der Waals surface area (Å²) in [6.45, 7) is 4.13. The molecule has 2 heterocycles. The van der Waals surface area contributed by atoms with E-state index in [9.17, 15) is 0 Å². The standard InChI is InChI=1S/C13H16N4S2/c1-3-9-10(4-2)16-17-13(11(9)12(14)18)15-8-5-6-19-7-8/h5-7H,3-4H2,1-2H3,(H2,14,18)(H,15,17). The van der Waals surface area contributed by atoms with Crippen LogP contribution >= 0.6 is 23.6 Å². The fourth-order valence-electron chi connectivity index (χ4n) is 2.00. The summed E-state index contributed by atoms with van der Waals surface area (Å²) in [4.78, 5) is 0.360. The van der Waals surface area contributed by atoms with Crippen LogP contribution < -0.4 is 11.1 Å². The quantitative estimate of drug-likeness (QED) is 0.829. The highest BCUT2D eigenvalue weighted by Gasteiger charge is 2.16. The number of rotatable bonds is 5. The highest BCUT2D eigenvalue weighted by Crippen LogP contribution is 2.25. The largest absolute Gasteiger partial charge is 0.389 e. The molecule has 0 aliphatic carbocycles. The van der Waals surface area contributed by atoms with Gasteiger partial charge >= 0.3 is 0 Å². The lowest BCUT2D eigenvalue weighted by molar-refractivity contribution is 0.879. The molecular weight excluding hydrogens is 276 g/mol. The van der Waals surface area contributed by atoms with E-state index in [0.29, 0.717) is 10.8 Å². The Bertz CT molecular complexity index is 579. The molecule has 0 aliphatic heterocycles. The first kappa shape index (κ1) is 13.9. The zero-order chi connectivity index (χ0) is 13.8. The molecule has 0 saturated carbocycles. The van der Waals surface area contributed by atoms with Crippen molar-refractivity contribution in [3.05, 3.63) is 33.6 Å². The van der Waals surface area contributed by atoms with Gasteiger partial charge in [-0.15, -0.1) is 5.10 Å². The number of hydrogen-bond donors (Lipinski definition) is 2. The van der Waals surface area contributed by atoms with Crippen LogP contribution in [0.2, 0.25) is 0 Å². The molecule has 0 saturated heterocycles. The number of aromatic nitrogens is 2. The van der Waals surface area contributed by atoms with Crippen LogP contribution in [0.25, 0.3) is 0 Å². The van der Waals surface area contributed by atoms with Crippen molar-refractivity contribution in [3.63, 3.8) is 0 Å². The Labute approximate surface area is 122 Å². The molecule has 6 heteroatoms. The summed E-state index contributed by atoms with van der Waals surface area (Å²) in [5.74, 6) is 0.639. The third kappa shape index (κ3) is 2.90. The number of nitrogens with one attached hydrogen (secondary N) is 1. The van der Waals surface area contributed by atoms with E-state index in [0.717, 1.165) is 35.3 Å². The Balaban J connectivity index is 2.51. The zero-order valence-electron chi connectivity index (χ0n) is 10.9. The van der Waals surface area contributed by atoms with Gasteiger partial charge in [-0.25, -0.2) is 0 Å². The third-order valence-electron chi connectivity index (χ3n) is 2.88. The SMILES string of the molecule is CCc1nnc(Nc2ccsc2)c(C(N)=S)c1CC. The van der Waals surface area contributed by atoms with Gasteiger partial charge in [0, 0.05) is 5.38 Å². The van der Waals surface area contributed by atoms with Gasteiger partial charge in [-0.05, 0) is 29.9 Å². The van der Waals surface area contributed by atoms with E-state index < -0.39 is 0 Å². The fourth-order valence-corrected chi connectivity index (χ4v) is 2.81. The maximum absolute atomic E-state index is 5.87. The molecule has 0 aromatic carbocycles. The molecule has 19 heavy (non-hydrogen) atoms. The summed E-state index contributed by atoms with van der Waals surface area (Å²) in [7, 11) is 0. The molecular formula is C13H16N4S2. The second kappa shape index (κ2) is 6.08. The molecule has 0 fully saturated rings. The van der Waals surface area contributed by atoms with Crippen LogP contribution in [0.15, 0.2) is 16.8 Å². The molecule has 100 valence electrons. The highest BCUT2D eigenvalue weighted by atomic mass is 32.1. The summed E-state index contributed by atoms with van der Waals surface area (Å²) < 4.78 is 0. The monoisotopic (exact) mass is 292 g/mol. The van der Waals surface area contributed by atoms with Crippen LogP contribution in [0, 0.1) is 0 Å². The van der Waals surface area contributed by atoms with Crippen molar-refractivity contribution in [3.8, 4) is 0 Å². The number of nitrogens with zero attached hydrogens (tertiary/aromatic N) is 2. The molecule has 4 nitrogen and oxygen atoms in total. The van der Waals surface area contributed by atoms with E-state index >= 15 is 0 Å². The Morgan fingerprint density at radius 3 is 2.68 bits per heavy atom. The number of nitrogens with two attached hydrogens (primary N) is 1. The maximum Gasteiger partial charge on any atom is 0.163 e. The van der Waals surface area contributed by atoms with Gasteiger partial charge < -0.3 is 11.1 Å². The van der Waals surface area contributed by atoms with Gasteiger partial charge in [-0.1, -0.05) is 26.1 Å². The van der Waals surface area contributed by atoms with Gasteiger partial charge in [0.15, 0.2) is 5.82 Å². The molecule has 2 aromatic heterocycles. The number of hydrogen-bond acceptors (Lipinski definition) is 5. The second-order valence-electron chi connectivity index (χ2n) is 4.06. The molecule has 0 bridgehead atoms.